The Morgan fingerprint density at radius 2 is 1.96 bits per heavy atom. The predicted molar refractivity (Wildman–Crippen MR) is 103 cm³/mol. The summed E-state index contributed by atoms with van der Waals surface area (Å²) in [5.74, 6) is -2.65. The highest BCUT2D eigenvalue weighted by atomic mass is 16.4. The van der Waals surface area contributed by atoms with Crippen LogP contribution in [0.3, 0.4) is 0 Å². The predicted octanol–water partition coefficient (Wildman–Crippen LogP) is 1.90. The van der Waals surface area contributed by atoms with Gasteiger partial charge in [0.25, 0.3) is 0 Å². The zero-order chi connectivity index (χ0) is 24.6. The number of aliphatic carboxylic acids is 2. The minimum Gasteiger partial charge on any atom is -0.480 e. The minimum absolute atomic E-state index is 0.00677. The van der Waals surface area contributed by atoms with E-state index in [0.29, 0.717) is 6.42 Å². The van der Waals surface area contributed by atoms with Crippen molar-refractivity contribution in [2.24, 2.45) is 5.92 Å². The Morgan fingerprint density at radius 3 is 2.61 bits per heavy atom. The van der Waals surface area contributed by atoms with E-state index < -0.39 is 54.1 Å². The topological polar surface area (TPSA) is 107 Å². The number of benzene rings is 1. The summed E-state index contributed by atoms with van der Waals surface area (Å²) in [6, 6.07) is -5.55. The summed E-state index contributed by atoms with van der Waals surface area (Å²) in [4.78, 5) is 38.1. The second-order valence-corrected chi connectivity index (χ2v) is 7.51. The molecule has 0 spiro atoms. The fraction of sp³-hybridized carbons (Fsp3) is 0.571. The lowest BCUT2D eigenvalue weighted by atomic mass is 10.0. The Kier molecular flexibility index (Phi) is 4.54. The highest BCUT2D eigenvalue weighted by molar-refractivity contribution is 5.88. The molecule has 1 heterocycles. The van der Waals surface area contributed by atoms with Gasteiger partial charge >= 0.3 is 11.9 Å². The molecule has 1 aromatic rings. The van der Waals surface area contributed by atoms with Crippen molar-refractivity contribution < 1.29 is 31.5 Å². The van der Waals surface area contributed by atoms with Crippen LogP contribution in [-0.2, 0) is 20.8 Å². The maximum Gasteiger partial charge on any atom is 0.326 e. The summed E-state index contributed by atoms with van der Waals surface area (Å²) in [5.41, 5.74) is 0.00677. The normalized spacial score (nSPS) is 28.4. The summed E-state index contributed by atoms with van der Waals surface area (Å²) >= 11 is 0. The quantitative estimate of drug-likeness (QED) is 0.623. The Hall–Kier alpha value is -2.41. The van der Waals surface area contributed by atoms with Crippen LogP contribution in [0.4, 0.5) is 0 Å². The van der Waals surface area contributed by atoms with Crippen molar-refractivity contribution >= 4 is 17.8 Å². The molecule has 2 aliphatic rings. The lowest BCUT2D eigenvalue weighted by Gasteiger charge is -2.31. The number of carboxylic acids is 2. The number of fused-ring (bicyclic) bond motifs is 1. The van der Waals surface area contributed by atoms with Crippen molar-refractivity contribution in [2.75, 3.05) is 0 Å². The Balaban J connectivity index is 1.73. The number of nitrogens with one attached hydrogen (secondary N) is 1. The number of carboxylic acid groups (broad SMARTS) is 2. The van der Waals surface area contributed by atoms with Crippen LogP contribution in [0.5, 0.6) is 0 Å². The van der Waals surface area contributed by atoms with E-state index in [1.54, 1.807) is 0 Å². The van der Waals surface area contributed by atoms with Gasteiger partial charge < -0.3 is 15.1 Å². The first kappa shape index (κ1) is 14.6. The number of likely N-dealkylation sites (tertiary alicyclic amines) is 1. The molecule has 0 radical (unpaired) electrons. The number of hydrogen-bond acceptors (Lipinski definition) is 4. The zero-order valence-electron chi connectivity index (χ0n) is 20.7. The third-order valence-corrected chi connectivity index (χ3v) is 5.73. The molecule has 3 N–H and O–H groups in total. The molecule has 3 rings (SSSR count). The minimum atomic E-state index is -1.25. The molecular formula is C21H28N2O5. The lowest BCUT2D eigenvalue weighted by Crippen LogP contribution is -2.55. The van der Waals surface area contributed by atoms with Gasteiger partial charge in [-0.3, -0.25) is 14.9 Å². The van der Waals surface area contributed by atoms with Gasteiger partial charge in [0, 0.05) is 6.04 Å². The van der Waals surface area contributed by atoms with Crippen LogP contribution in [0, 0.1) is 5.92 Å². The van der Waals surface area contributed by atoms with Gasteiger partial charge in [-0.05, 0) is 50.5 Å². The van der Waals surface area contributed by atoms with E-state index in [1.165, 1.54) is 11.8 Å². The number of carbonyl (C=O) groups is 3. The highest BCUT2D eigenvalue weighted by Gasteiger charge is 2.49. The molecule has 1 aliphatic heterocycles. The van der Waals surface area contributed by atoms with Gasteiger partial charge in [-0.2, -0.15) is 0 Å². The van der Waals surface area contributed by atoms with Crippen molar-refractivity contribution in [3.63, 3.8) is 0 Å². The van der Waals surface area contributed by atoms with Crippen LogP contribution in [0.25, 0.3) is 0 Å². The Morgan fingerprint density at radius 1 is 1.25 bits per heavy atom. The molecule has 7 heteroatoms. The Labute approximate surface area is 171 Å². The Bertz CT molecular complexity index is 946. The molecule has 1 aromatic carbocycles. The number of hydrogen-bond donors (Lipinski definition) is 3. The first-order valence-electron chi connectivity index (χ1n) is 12.0. The van der Waals surface area contributed by atoms with E-state index in [4.69, 9.17) is 6.85 Å². The van der Waals surface area contributed by atoms with E-state index in [9.17, 15) is 24.6 Å². The maximum atomic E-state index is 13.1. The van der Waals surface area contributed by atoms with E-state index >= 15 is 0 Å². The number of amides is 1. The smallest absolute Gasteiger partial charge is 0.326 e. The molecule has 1 aliphatic carbocycles. The molecule has 28 heavy (non-hydrogen) atoms. The number of carbonyl (C=O) groups excluding carboxylic acids is 1. The summed E-state index contributed by atoms with van der Waals surface area (Å²) in [5, 5.41) is 22.0. The van der Waals surface area contributed by atoms with Crippen LogP contribution >= 0.6 is 0 Å². The molecule has 1 saturated heterocycles. The average Bonchev–Trinajstić information content (AvgIpc) is 3.36. The van der Waals surface area contributed by atoms with E-state index in [1.807, 2.05) is 0 Å². The van der Waals surface area contributed by atoms with Crippen molar-refractivity contribution in [3.05, 3.63) is 35.8 Å². The molecule has 152 valence electrons. The van der Waals surface area contributed by atoms with Crippen LogP contribution in [0.15, 0.2) is 30.2 Å². The summed E-state index contributed by atoms with van der Waals surface area (Å²) in [7, 11) is 0. The third-order valence-electron chi connectivity index (χ3n) is 5.73. The number of nitrogens with zero attached hydrogens (tertiary/aromatic N) is 1. The van der Waals surface area contributed by atoms with Gasteiger partial charge in [0.2, 0.25) is 5.91 Å². The third kappa shape index (κ3) is 4.35. The SMILES string of the molecule is [2H]c1c([2H])c([2H])c(CC[C@@H](N[C@H](C)C(=O)N2[C@@H](C(=O)O)C[C@@H]3CCC[C@@H]32)C(=O)O)c([2H])c1[2H]. The van der Waals surface area contributed by atoms with Crippen LogP contribution in [0.1, 0.15) is 51.4 Å². The van der Waals surface area contributed by atoms with Crippen LogP contribution in [-0.4, -0.2) is 57.1 Å². The van der Waals surface area contributed by atoms with Gasteiger partial charge in [-0.25, -0.2) is 4.79 Å². The van der Waals surface area contributed by atoms with Crippen molar-refractivity contribution in [2.45, 2.75) is 69.6 Å². The molecule has 5 atom stereocenters. The van der Waals surface area contributed by atoms with E-state index in [-0.39, 0.29) is 42.4 Å². The summed E-state index contributed by atoms with van der Waals surface area (Å²) in [6.07, 6.45) is 2.70. The molecule has 0 unspecified atom stereocenters. The summed E-state index contributed by atoms with van der Waals surface area (Å²) in [6.45, 7) is 1.49. The van der Waals surface area contributed by atoms with Gasteiger partial charge in [0.1, 0.15) is 12.1 Å². The van der Waals surface area contributed by atoms with Gasteiger partial charge in [0.15, 0.2) is 0 Å². The van der Waals surface area contributed by atoms with E-state index in [0.717, 1.165) is 19.3 Å². The second-order valence-electron chi connectivity index (χ2n) is 7.51. The largest absolute Gasteiger partial charge is 0.480 e. The van der Waals surface area contributed by atoms with Gasteiger partial charge in [-0.15, -0.1) is 0 Å². The van der Waals surface area contributed by atoms with Crippen molar-refractivity contribution in [1.29, 1.82) is 0 Å². The monoisotopic (exact) mass is 393 g/mol. The lowest BCUT2D eigenvalue weighted by molar-refractivity contribution is -0.151. The molecule has 1 amide bonds. The van der Waals surface area contributed by atoms with Crippen LogP contribution < -0.4 is 5.32 Å². The van der Waals surface area contributed by atoms with Crippen LogP contribution in [0.2, 0.25) is 0 Å². The highest BCUT2D eigenvalue weighted by Crippen LogP contribution is 2.41. The van der Waals surface area contributed by atoms with Gasteiger partial charge in [0.05, 0.1) is 12.9 Å². The standard InChI is InChI=1S/C21H28N2O5/c1-13(22-16(20(25)26)11-10-14-6-3-2-4-7-14)19(24)23-17-9-5-8-15(17)12-18(23)21(27)28/h2-4,6-7,13,15-18,22H,5,8-12H2,1H3,(H,25,26)(H,27,28)/t13-,15+,16-,17+,18-/m1/s1/i2D,3D,4D,6D,7D. The zero-order valence-corrected chi connectivity index (χ0v) is 15.7. The first-order chi connectivity index (χ1) is 15.5. The second kappa shape index (κ2) is 8.73. The van der Waals surface area contributed by atoms with E-state index in [2.05, 4.69) is 5.32 Å². The average molecular weight is 393 g/mol. The first-order valence-corrected chi connectivity index (χ1v) is 9.55. The molecule has 0 bridgehead atoms. The molecular weight excluding hydrogens is 360 g/mol. The molecule has 2 fully saturated rings. The van der Waals surface area contributed by atoms with Crippen molar-refractivity contribution in [1.82, 2.24) is 10.2 Å². The summed E-state index contributed by atoms with van der Waals surface area (Å²) < 4.78 is 39.1. The van der Waals surface area contributed by atoms with Crippen molar-refractivity contribution in [3.8, 4) is 0 Å². The molecule has 0 aromatic heterocycles. The molecule has 1 saturated carbocycles. The number of rotatable bonds is 8. The molecule has 7 nitrogen and oxygen atoms in total. The fourth-order valence-corrected chi connectivity index (χ4v) is 4.39. The van der Waals surface area contributed by atoms with Gasteiger partial charge in [-0.1, -0.05) is 36.6 Å². The maximum absolute atomic E-state index is 13.1. The fourth-order valence-electron chi connectivity index (χ4n) is 4.39.